The third-order valence-electron chi connectivity index (χ3n) is 4.38. The maximum atomic E-state index is 5.42. The minimum absolute atomic E-state index is 0.685. The van der Waals surface area contributed by atoms with E-state index in [1.165, 1.54) is 5.56 Å². The fourth-order valence-electron chi connectivity index (χ4n) is 2.79. The van der Waals surface area contributed by atoms with Gasteiger partial charge in [0.25, 0.3) is 0 Å². The van der Waals surface area contributed by atoms with Gasteiger partial charge in [-0.1, -0.05) is 6.92 Å². The number of hydrogen-bond acceptors (Lipinski definition) is 4. The SMILES string of the molecule is CCc1cc(NCC2CCOCC2)n2nc(C)c(C)c2n1. The Morgan fingerprint density at radius 2 is 2.10 bits per heavy atom. The highest BCUT2D eigenvalue weighted by atomic mass is 16.5. The van der Waals surface area contributed by atoms with Gasteiger partial charge >= 0.3 is 0 Å². The quantitative estimate of drug-likeness (QED) is 0.940. The van der Waals surface area contributed by atoms with E-state index in [-0.39, 0.29) is 0 Å². The third-order valence-corrected chi connectivity index (χ3v) is 4.38. The third kappa shape index (κ3) is 2.88. The lowest BCUT2D eigenvalue weighted by Gasteiger charge is -2.22. The fraction of sp³-hybridized carbons (Fsp3) is 0.625. The van der Waals surface area contributed by atoms with Crippen LogP contribution in [0, 0.1) is 19.8 Å². The van der Waals surface area contributed by atoms with E-state index in [0.717, 1.165) is 61.9 Å². The van der Waals surface area contributed by atoms with Crippen molar-refractivity contribution in [3.63, 3.8) is 0 Å². The molecule has 3 heterocycles. The van der Waals surface area contributed by atoms with Crippen molar-refractivity contribution in [1.29, 1.82) is 0 Å². The van der Waals surface area contributed by atoms with E-state index in [0.29, 0.717) is 5.92 Å². The highest BCUT2D eigenvalue weighted by Crippen LogP contribution is 2.20. The Labute approximate surface area is 125 Å². The van der Waals surface area contributed by atoms with Crippen molar-refractivity contribution in [3.8, 4) is 0 Å². The molecular formula is C16H24N4O. The van der Waals surface area contributed by atoms with Crippen LogP contribution in [0.2, 0.25) is 0 Å². The van der Waals surface area contributed by atoms with E-state index in [1.54, 1.807) is 0 Å². The van der Waals surface area contributed by atoms with Gasteiger partial charge in [-0.15, -0.1) is 0 Å². The molecule has 0 atom stereocenters. The summed E-state index contributed by atoms with van der Waals surface area (Å²) in [6.07, 6.45) is 3.21. The summed E-state index contributed by atoms with van der Waals surface area (Å²) in [6.45, 7) is 9.02. The van der Waals surface area contributed by atoms with Crippen molar-refractivity contribution in [2.45, 2.75) is 40.0 Å². The summed E-state index contributed by atoms with van der Waals surface area (Å²) in [5, 5.41) is 8.20. The largest absolute Gasteiger partial charge is 0.381 e. The molecule has 0 saturated carbocycles. The lowest BCUT2D eigenvalue weighted by atomic mass is 10.0. The highest BCUT2D eigenvalue weighted by Gasteiger charge is 2.16. The van der Waals surface area contributed by atoms with Crippen LogP contribution in [0.25, 0.3) is 5.65 Å². The summed E-state index contributed by atoms with van der Waals surface area (Å²) in [5.74, 6) is 1.74. The number of hydrogen-bond donors (Lipinski definition) is 1. The maximum Gasteiger partial charge on any atom is 0.160 e. The van der Waals surface area contributed by atoms with Crippen LogP contribution in [0.5, 0.6) is 0 Å². The Bertz CT molecular complexity index is 629. The number of aromatic nitrogens is 3. The molecule has 1 fully saturated rings. The second-order valence-corrected chi connectivity index (χ2v) is 5.87. The van der Waals surface area contributed by atoms with Crippen LogP contribution in [0.3, 0.4) is 0 Å². The van der Waals surface area contributed by atoms with Crippen molar-refractivity contribution in [2.24, 2.45) is 5.92 Å². The molecule has 114 valence electrons. The molecule has 0 spiro atoms. The predicted molar refractivity (Wildman–Crippen MR) is 83.9 cm³/mol. The zero-order chi connectivity index (χ0) is 14.8. The molecule has 2 aromatic heterocycles. The zero-order valence-electron chi connectivity index (χ0n) is 13.1. The lowest BCUT2D eigenvalue weighted by Crippen LogP contribution is -2.23. The summed E-state index contributed by atoms with van der Waals surface area (Å²) >= 11 is 0. The van der Waals surface area contributed by atoms with Gasteiger partial charge in [-0.05, 0) is 39.0 Å². The molecule has 0 aliphatic carbocycles. The second kappa shape index (κ2) is 6.02. The summed E-state index contributed by atoms with van der Waals surface area (Å²) in [6, 6.07) is 2.12. The van der Waals surface area contributed by atoms with Crippen LogP contribution in [-0.4, -0.2) is 34.4 Å². The molecule has 0 aromatic carbocycles. The Hall–Kier alpha value is -1.62. The van der Waals surface area contributed by atoms with Crippen molar-refractivity contribution >= 4 is 11.5 Å². The summed E-state index contributed by atoms with van der Waals surface area (Å²) < 4.78 is 7.37. The summed E-state index contributed by atoms with van der Waals surface area (Å²) in [5.41, 5.74) is 4.30. The van der Waals surface area contributed by atoms with Crippen molar-refractivity contribution in [2.75, 3.05) is 25.1 Å². The predicted octanol–water partition coefficient (Wildman–Crippen LogP) is 2.75. The Morgan fingerprint density at radius 1 is 1.33 bits per heavy atom. The monoisotopic (exact) mass is 288 g/mol. The molecule has 1 saturated heterocycles. The first kappa shape index (κ1) is 14.3. The normalized spacial score (nSPS) is 16.5. The van der Waals surface area contributed by atoms with Gasteiger partial charge in [0.2, 0.25) is 0 Å². The van der Waals surface area contributed by atoms with Crippen LogP contribution in [0.15, 0.2) is 6.07 Å². The number of anilines is 1. The average Bonchev–Trinajstić information content (AvgIpc) is 2.81. The Balaban J connectivity index is 1.87. The molecule has 0 amide bonds. The summed E-state index contributed by atoms with van der Waals surface area (Å²) in [7, 11) is 0. The number of aryl methyl sites for hydroxylation is 3. The van der Waals surface area contributed by atoms with E-state index >= 15 is 0 Å². The van der Waals surface area contributed by atoms with Gasteiger partial charge in [-0.3, -0.25) is 0 Å². The number of rotatable bonds is 4. The fourth-order valence-corrected chi connectivity index (χ4v) is 2.79. The van der Waals surface area contributed by atoms with E-state index in [9.17, 15) is 0 Å². The van der Waals surface area contributed by atoms with Gasteiger partial charge in [-0.25, -0.2) is 4.98 Å². The molecule has 0 radical (unpaired) electrons. The van der Waals surface area contributed by atoms with E-state index < -0.39 is 0 Å². The van der Waals surface area contributed by atoms with Gasteiger partial charge < -0.3 is 10.1 Å². The van der Waals surface area contributed by atoms with Crippen LogP contribution in [0.4, 0.5) is 5.82 Å². The highest BCUT2D eigenvalue weighted by molar-refractivity contribution is 5.56. The van der Waals surface area contributed by atoms with Gasteiger partial charge in [-0.2, -0.15) is 9.61 Å². The molecule has 3 rings (SSSR count). The van der Waals surface area contributed by atoms with Crippen LogP contribution in [0.1, 0.15) is 36.7 Å². The number of nitrogens with zero attached hydrogens (tertiary/aromatic N) is 3. The molecule has 1 N–H and O–H groups in total. The van der Waals surface area contributed by atoms with Gasteiger partial charge in [0.15, 0.2) is 5.65 Å². The number of nitrogens with one attached hydrogen (secondary N) is 1. The topological polar surface area (TPSA) is 51.5 Å². The maximum absolute atomic E-state index is 5.42. The number of fused-ring (bicyclic) bond motifs is 1. The first-order valence-corrected chi connectivity index (χ1v) is 7.86. The van der Waals surface area contributed by atoms with E-state index in [4.69, 9.17) is 9.72 Å². The molecule has 5 nitrogen and oxygen atoms in total. The smallest absolute Gasteiger partial charge is 0.160 e. The van der Waals surface area contributed by atoms with Crippen molar-refractivity contribution in [3.05, 3.63) is 23.0 Å². The molecular weight excluding hydrogens is 264 g/mol. The summed E-state index contributed by atoms with van der Waals surface area (Å²) in [4.78, 5) is 4.71. The average molecular weight is 288 g/mol. The van der Waals surface area contributed by atoms with Crippen molar-refractivity contribution < 1.29 is 4.74 Å². The molecule has 0 bridgehead atoms. The van der Waals surface area contributed by atoms with Crippen LogP contribution >= 0.6 is 0 Å². The molecule has 0 unspecified atom stereocenters. The zero-order valence-corrected chi connectivity index (χ0v) is 13.1. The minimum atomic E-state index is 0.685. The van der Waals surface area contributed by atoms with Gasteiger partial charge in [0.05, 0.1) is 5.69 Å². The number of ether oxygens (including phenoxy) is 1. The first-order valence-electron chi connectivity index (χ1n) is 7.86. The first-order chi connectivity index (χ1) is 10.2. The minimum Gasteiger partial charge on any atom is -0.381 e. The molecule has 2 aromatic rings. The van der Waals surface area contributed by atoms with Gasteiger partial charge in [0, 0.05) is 37.1 Å². The molecule has 5 heteroatoms. The standard InChI is InChI=1S/C16H24N4O/c1-4-14-9-15(17-10-13-5-7-21-8-6-13)20-16(18-14)11(2)12(3)19-20/h9,13,17H,4-8,10H2,1-3H3. The Morgan fingerprint density at radius 3 is 2.81 bits per heavy atom. The second-order valence-electron chi connectivity index (χ2n) is 5.87. The molecule has 1 aliphatic rings. The lowest BCUT2D eigenvalue weighted by molar-refractivity contribution is 0.0699. The van der Waals surface area contributed by atoms with Gasteiger partial charge in [0.1, 0.15) is 5.82 Å². The van der Waals surface area contributed by atoms with E-state index in [2.05, 4.69) is 30.3 Å². The Kier molecular flexibility index (Phi) is 4.10. The van der Waals surface area contributed by atoms with E-state index in [1.807, 2.05) is 11.4 Å². The van der Waals surface area contributed by atoms with Crippen molar-refractivity contribution in [1.82, 2.24) is 14.6 Å². The molecule has 21 heavy (non-hydrogen) atoms. The molecule has 1 aliphatic heterocycles. The van der Waals surface area contributed by atoms with Crippen LogP contribution in [-0.2, 0) is 11.2 Å². The van der Waals surface area contributed by atoms with Crippen LogP contribution < -0.4 is 5.32 Å².